The summed E-state index contributed by atoms with van der Waals surface area (Å²) in [6.07, 6.45) is 3.20. The van der Waals surface area contributed by atoms with Crippen LogP contribution < -0.4 is 10.2 Å². The first-order valence-electron chi connectivity index (χ1n) is 7.84. The summed E-state index contributed by atoms with van der Waals surface area (Å²) in [4.78, 5) is 7.09. The van der Waals surface area contributed by atoms with Crippen molar-refractivity contribution in [2.24, 2.45) is 0 Å². The highest BCUT2D eigenvalue weighted by Gasteiger charge is 2.25. The van der Waals surface area contributed by atoms with Gasteiger partial charge in [-0.3, -0.25) is 0 Å². The fraction of sp³-hybridized carbons (Fsp3) is 0.471. The van der Waals surface area contributed by atoms with Gasteiger partial charge in [0.2, 0.25) is 0 Å². The Morgan fingerprint density at radius 3 is 2.86 bits per heavy atom. The van der Waals surface area contributed by atoms with Crippen molar-refractivity contribution in [2.45, 2.75) is 38.0 Å². The van der Waals surface area contributed by atoms with Crippen molar-refractivity contribution in [2.75, 3.05) is 18.0 Å². The molecule has 21 heavy (non-hydrogen) atoms. The summed E-state index contributed by atoms with van der Waals surface area (Å²) in [5.41, 5.74) is 2.28. The number of hydrogen-bond donors (Lipinski definition) is 2. The third kappa shape index (κ3) is 2.74. The fourth-order valence-corrected chi connectivity index (χ4v) is 3.03. The lowest BCUT2D eigenvalue weighted by atomic mass is 10.1. The maximum Gasteiger partial charge on any atom is 0.133 e. The first kappa shape index (κ1) is 13.0. The van der Waals surface area contributed by atoms with E-state index in [-0.39, 0.29) is 6.10 Å². The second-order valence-electron chi connectivity index (χ2n) is 6.21. The molecule has 1 aromatic heterocycles. The van der Waals surface area contributed by atoms with E-state index in [1.165, 1.54) is 23.8 Å². The van der Waals surface area contributed by atoms with E-state index in [1.807, 2.05) is 6.07 Å². The number of pyridine rings is 1. The highest BCUT2D eigenvalue weighted by Crippen LogP contribution is 2.28. The largest absolute Gasteiger partial charge is 0.391 e. The van der Waals surface area contributed by atoms with E-state index in [0.29, 0.717) is 12.6 Å². The lowest BCUT2D eigenvalue weighted by Gasteiger charge is -2.21. The molecule has 1 aromatic carbocycles. The average Bonchev–Trinajstić information content (AvgIpc) is 3.24. The Labute approximate surface area is 124 Å². The number of nitrogens with zero attached hydrogens (tertiary/aromatic N) is 2. The number of aliphatic hydroxyl groups excluding tert-OH is 1. The Morgan fingerprint density at radius 2 is 2.10 bits per heavy atom. The molecule has 2 N–H and O–H groups in total. The van der Waals surface area contributed by atoms with Crippen LogP contribution in [0.3, 0.4) is 0 Å². The summed E-state index contributed by atoms with van der Waals surface area (Å²) >= 11 is 0. The van der Waals surface area contributed by atoms with E-state index < -0.39 is 0 Å². The molecule has 4 rings (SSSR count). The van der Waals surface area contributed by atoms with E-state index in [2.05, 4.69) is 34.5 Å². The number of aromatic nitrogens is 1. The Morgan fingerprint density at radius 1 is 1.24 bits per heavy atom. The summed E-state index contributed by atoms with van der Waals surface area (Å²) in [7, 11) is 0. The van der Waals surface area contributed by atoms with Crippen molar-refractivity contribution >= 4 is 16.7 Å². The first-order valence-corrected chi connectivity index (χ1v) is 7.84. The van der Waals surface area contributed by atoms with E-state index in [9.17, 15) is 5.11 Å². The van der Waals surface area contributed by atoms with E-state index in [1.54, 1.807) is 0 Å². The molecule has 110 valence electrons. The summed E-state index contributed by atoms with van der Waals surface area (Å²) in [5.74, 6) is 1.04. The summed E-state index contributed by atoms with van der Waals surface area (Å²) in [6, 6.07) is 11.2. The number of anilines is 1. The molecular weight excluding hydrogens is 262 g/mol. The molecule has 2 aromatic rings. The van der Waals surface area contributed by atoms with Crippen LogP contribution in [-0.2, 0) is 6.54 Å². The monoisotopic (exact) mass is 283 g/mol. The van der Waals surface area contributed by atoms with Gasteiger partial charge in [-0.15, -0.1) is 0 Å². The number of rotatable bonds is 4. The predicted octanol–water partition coefficient (Wildman–Crippen LogP) is 2.06. The fourth-order valence-electron chi connectivity index (χ4n) is 3.03. The number of β-amino-alcohol motifs (C(OH)–C–C–N with tert-alkyl or cyclic N) is 1. The number of para-hydroxylation sites is 1. The number of benzene rings is 1. The number of hydrogen-bond acceptors (Lipinski definition) is 4. The van der Waals surface area contributed by atoms with Gasteiger partial charge in [0.1, 0.15) is 5.82 Å². The Hall–Kier alpha value is -1.65. The Kier molecular flexibility index (Phi) is 3.28. The van der Waals surface area contributed by atoms with Gasteiger partial charge in [-0.25, -0.2) is 4.98 Å². The van der Waals surface area contributed by atoms with Gasteiger partial charge in [0.05, 0.1) is 11.6 Å². The van der Waals surface area contributed by atoms with Gasteiger partial charge >= 0.3 is 0 Å². The van der Waals surface area contributed by atoms with Gasteiger partial charge in [0.25, 0.3) is 0 Å². The van der Waals surface area contributed by atoms with Gasteiger partial charge < -0.3 is 15.3 Å². The molecule has 1 atom stereocenters. The van der Waals surface area contributed by atoms with Crippen LogP contribution in [0, 0.1) is 0 Å². The molecule has 0 radical (unpaired) electrons. The molecule has 1 aliphatic carbocycles. The van der Waals surface area contributed by atoms with Crippen molar-refractivity contribution in [3.05, 3.63) is 35.9 Å². The van der Waals surface area contributed by atoms with Crippen LogP contribution in [0.2, 0.25) is 0 Å². The normalized spacial score (nSPS) is 22.1. The Bertz CT molecular complexity index is 654. The zero-order valence-corrected chi connectivity index (χ0v) is 12.1. The van der Waals surface area contributed by atoms with Crippen molar-refractivity contribution < 1.29 is 5.11 Å². The minimum absolute atomic E-state index is 0.220. The van der Waals surface area contributed by atoms with Gasteiger partial charge in [-0.2, -0.15) is 0 Å². The zero-order chi connectivity index (χ0) is 14.2. The van der Waals surface area contributed by atoms with Crippen LogP contribution in [0.25, 0.3) is 10.9 Å². The molecule has 1 aliphatic heterocycles. The number of aliphatic hydroxyl groups is 1. The quantitative estimate of drug-likeness (QED) is 0.902. The van der Waals surface area contributed by atoms with Crippen molar-refractivity contribution in [3.63, 3.8) is 0 Å². The van der Waals surface area contributed by atoms with Crippen LogP contribution in [0.5, 0.6) is 0 Å². The molecule has 0 spiro atoms. The van der Waals surface area contributed by atoms with E-state index in [4.69, 9.17) is 4.98 Å². The topological polar surface area (TPSA) is 48.4 Å². The molecule has 1 saturated heterocycles. The van der Waals surface area contributed by atoms with Crippen LogP contribution in [0.1, 0.15) is 24.8 Å². The second kappa shape index (κ2) is 5.28. The van der Waals surface area contributed by atoms with Gasteiger partial charge in [0, 0.05) is 36.6 Å². The van der Waals surface area contributed by atoms with Crippen molar-refractivity contribution in [3.8, 4) is 0 Å². The standard InChI is InChI=1S/C17H21N3O/c21-15-7-8-20(11-15)17-13(10-18-14-5-6-14)9-12-3-1-2-4-16(12)19-17/h1-4,9,14-15,18,21H,5-8,10-11H2. The molecule has 2 aliphatic rings. The van der Waals surface area contributed by atoms with E-state index in [0.717, 1.165) is 30.8 Å². The van der Waals surface area contributed by atoms with Crippen LogP contribution >= 0.6 is 0 Å². The maximum atomic E-state index is 9.81. The summed E-state index contributed by atoms with van der Waals surface area (Å²) < 4.78 is 0. The smallest absolute Gasteiger partial charge is 0.133 e. The van der Waals surface area contributed by atoms with Crippen LogP contribution in [0.4, 0.5) is 5.82 Å². The molecule has 2 heterocycles. The SMILES string of the molecule is OC1CCN(c2nc3ccccc3cc2CNC2CC2)C1. The zero-order valence-electron chi connectivity index (χ0n) is 12.1. The lowest BCUT2D eigenvalue weighted by molar-refractivity contribution is 0.198. The van der Waals surface area contributed by atoms with Gasteiger partial charge in [0.15, 0.2) is 0 Å². The average molecular weight is 283 g/mol. The third-order valence-corrected chi connectivity index (χ3v) is 4.40. The minimum Gasteiger partial charge on any atom is -0.391 e. The van der Waals surface area contributed by atoms with E-state index >= 15 is 0 Å². The lowest BCUT2D eigenvalue weighted by Crippen LogP contribution is -2.25. The van der Waals surface area contributed by atoms with Crippen molar-refractivity contribution in [1.29, 1.82) is 0 Å². The summed E-state index contributed by atoms with van der Waals surface area (Å²) in [6.45, 7) is 2.45. The molecule has 1 unspecified atom stereocenters. The minimum atomic E-state index is -0.220. The van der Waals surface area contributed by atoms with Gasteiger partial charge in [-0.05, 0) is 31.4 Å². The van der Waals surface area contributed by atoms with Gasteiger partial charge in [-0.1, -0.05) is 18.2 Å². The van der Waals surface area contributed by atoms with Crippen LogP contribution in [0.15, 0.2) is 30.3 Å². The third-order valence-electron chi connectivity index (χ3n) is 4.40. The number of nitrogens with one attached hydrogen (secondary N) is 1. The second-order valence-corrected chi connectivity index (χ2v) is 6.21. The Balaban J connectivity index is 1.71. The van der Waals surface area contributed by atoms with Crippen LogP contribution in [-0.4, -0.2) is 35.3 Å². The highest BCUT2D eigenvalue weighted by atomic mass is 16.3. The first-order chi connectivity index (χ1) is 10.3. The number of fused-ring (bicyclic) bond motifs is 1. The molecular formula is C17H21N3O. The molecule has 0 bridgehead atoms. The predicted molar refractivity (Wildman–Crippen MR) is 84.4 cm³/mol. The molecule has 4 nitrogen and oxygen atoms in total. The highest BCUT2D eigenvalue weighted by molar-refractivity contribution is 5.81. The molecule has 1 saturated carbocycles. The molecule has 4 heteroatoms. The summed E-state index contributed by atoms with van der Waals surface area (Å²) in [5, 5.41) is 14.6. The molecule has 2 fully saturated rings. The molecule has 0 amide bonds. The maximum absolute atomic E-state index is 9.81. The van der Waals surface area contributed by atoms with Crippen molar-refractivity contribution in [1.82, 2.24) is 10.3 Å².